The second-order valence-electron chi connectivity index (χ2n) is 5.44. The van der Waals surface area contributed by atoms with Gasteiger partial charge in [-0.25, -0.2) is 4.99 Å². The maximum Gasteiger partial charge on any atom is 0.271 e. The lowest BCUT2D eigenvalue weighted by molar-refractivity contribution is -0.385. The van der Waals surface area contributed by atoms with Crippen LogP contribution in [0.2, 0.25) is 0 Å². The van der Waals surface area contributed by atoms with Crippen LogP contribution in [-0.4, -0.2) is 21.1 Å². The van der Waals surface area contributed by atoms with E-state index in [1.165, 1.54) is 18.2 Å². The molecular weight excluding hydrogens is 422 g/mol. The lowest BCUT2D eigenvalue weighted by Gasteiger charge is -2.03. The van der Waals surface area contributed by atoms with Crippen molar-refractivity contribution in [3.63, 3.8) is 0 Å². The summed E-state index contributed by atoms with van der Waals surface area (Å²) in [5.41, 5.74) is 1.77. The van der Waals surface area contributed by atoms with Crippen LogP contribution in [0.15, 0.2) is 50.8 Å². The monoisotopic (exact) mass is 433 g/mol. The van der Waals surface area contributed by atoms with Crippen molar-refractivity contribution >= 4 is 56.2 Å². The van der Waals surface area contributed by atoms with E-state index < -0.39 is 4.92 Å². The summed E-state index contributed by atoms with van der Waals surface area (Å²) in [6.07, 6.45) is 1.39. The first kappa shape index (κ1) is 18.2. The summed E-state index contributed by atoms with van der Waals surface area (Å²) < 4.78 is 0.176. The number of phenols is 1. The number of nitro groups is 1. The van der Waals surface area contributed by atoms with Gasteiger partial charge in [-0.3, -0.25) is 14.9 Å². The van der Waals surface area contributed by atoms with Crippen molar-refractivity contribution in [2.75, 3.05) is 0 Å². The van der Waals surface area contributed by atoms with Crippen LogP contribution in [0.5, 0.6) is 5.75 Å². The van der Waals surface area contributed by atoms with E-state index in [-0.39, 0.29) is 32.3 Å². The summed E-state index contributed by atoms with van der Waals surface area (Å²) in [4.78, 5) is 27.2. The summed E-state index contributed by atoms with van der Waals surface area (Å²) in [6.45, 7) is 1.97. The van der Waals surface area contributed by atoms with Crippen molar-refractivity contribution in [1.29, 1.82) is 0 Å². The zero-order valence-corrected chi connectivity index (χ0v) is 15.8. The van der Waals surface area contributed by atoms with Gasteiger partial charge in [0.15, 0.2) is 5.17 Å². The number of hydrogen-bond donors (Lipinski definition) is 2. The van der Waals surface area contributed by atoms with Crippen molar-refractivity contribution in [3.05, 3.63) is 67.0 Å². The Morgan fingerprint density at radius 3 is 2.65 bits per heavy atom. The molecule has 9 heteroatoms. The maximum atomic E-state index is 12.1. The molecule has 0 aliphatic carbocycles. The first-order valence-electron chi connectivity index (χ1n) is 7.36. The Morgan fingerprint density at radius 1 is 1.31 bits per heavy atom. The number of halogens is 1. The number of amides is 1. The largest absolute Gasteiger partial charge is 0.506 e. The van der Waals surface area contributed by atoms with Crippen LogP contribution in [0.4, 0.5) is 11.4 Å². The van der Waals surface area contributed by atoms with Crippen molar-refractivity contribution in [1.82, 2.24) is 5.32 Å². The molecule has 2 N–H and O–H groups in total. The molecule has 0 atom stereocenters. The van der Waals surface area contributed by atoms with Gasteiger partial charge in [0.2, 0.25) is 0 Å². The number of amidine groups is 1. The topological polar surface area (TPSA) is 105 Å². The van der Waals surface area contributed by atoms with Crippen molar-refractivity contribution in [3.8, 4) is 5.75 Å². The van der Waals surface area contributed by atoms with Gasteiger partial charge in [0, 0.05) is 17.7 Å². The minimum Gasteiger partial charge on any atom is -0.506 e. The Morgan fingerprint density at radius 2 is 2.00 bits per heavy atom. The molecule has 2 aromatic carbocycles. The second-order valence-corrected chi connectivity index (χ2v) is 7.32. The van der Waals surface area contributed by atoms with Gasteiger partial charge >= 0.3 is 0 Å². The van der Waals surface area contributed by atoms with Crippen LogP contribution < -0.4 is 5.32 Å². The smallest absolute Gasteiger partial charge is 0.271 e. The SMILES string of the molecule is Cc1ccc(N=C2NC(=O)/C(=C\c3cc([N+](=O)[O-])cc(Br)c3O)S2)cc1. The quantitative estimate of drug-likeness (QED) is 0.427. The zero-order valence-electron chi connectivity index (χ0n) is 13.4. The average Bonchev–Trinajstić information content (AvgIpc) is 2.93. The molecule has 1 fully saturated rings. The number of carbonyl (C=O) groups excluding carboxylic acids is 1. The van der Waals surface area contributed by atoms with E-state index in [4.69, 9.17) is 0 Å². The Balaban J connectivity index is 1.92. The lowest BCUT2D eigenvalue weighted by atomic mass is 10.1. The van der Waals surface area contributed by atoms with E-state index >= 15 is 0 Å². The number of phenolic OH excluding ortho intramolecular Hbond substituents is 1. The molecule has 0 saturated carbocycles. The van der Waals surface area contributed by atoms with Crippen LogP contribution in [0.3, 0.4) is 0 Å². The summed E-state index contributed by atoms with van der Waals surface area (Å²) in [5.74, 6) is -0.566. The van der Waals surface area contributed by atoms with Gasteiger partial charge in [-0.15, -0.1) is 0 Å². The zero-order chi connectivity index (χ0) is 18.8. The standard InChI is InChI=1S/C17H12BrN3O4S/c1-9-2-4-11(5-3-9)19-17-20-16(23)14(26-17)7-10-6-12(21(24)25)8-13(18)15(10)22/h2-8,22H,1H3,(H,19,20,23)/b14-7+. The van der Waals surface area contributed by atoms with Gasteiger partial charge in [-0.1, -0.05) is 17.7 Å². The second kappa shape index (κ2) is 7.30. The molecule has 2 aromatic rings. The van der Waals surface area contributed by atoms with Gasteiger partial charge in [0.1, 0.15) is 5.75 Å². The summed E-state index contributed by atoms with van der Waals surface area (Å²) >= 11 is 4.17. The number of nitro benzene ring substituents is 1. The third-order valence-corrected chi connectivity index (χ3v) is 5.00. The van der Waals surface area contributed by atoms with Gasteiger partial charge in [-0.2, -0.15) is 0 Å². The molecule has 26 heavy (non-hydrogen) atoms. The fraction of sp³-hybridized carbons (Fsp3) is 0.0588. The molecule has 0 radical (unpaired) electrons. The van der Waals surface area contributed by atoms with E-state index in [1.54, 1.807) is 0 Å². The molecular formula is C17H12BrN3O4S. The van der Waals surface area contributed by atoms with E-state index in [0.717, 1.165) is 17.3 Å². The van der Waals surface area contributed by atoms with Crippen LogP contribution in [0.1, 0.15) is 11.1 Å². The number of rotatable bonds is 3. The summed E-state index contributed by atoms with van der Waals surface area (Å²) in [5, 5.41) is 24.1. The van der Waals surface area contributed by atoms with Crippen molar-refractivity contribution in [2.45, 2.75) is 6.92 Å². The molecule has 1 aliphatic heterocycles. The molecule has 1 amide bonds. The molecule has 0 aromatic heterocycles. The molecule has 132 valence electrons. The predicted octanol–water partition coefficient (Wildman–Crippen LogP) is 4.26. The number of aryl methyl sites for hydroxylation is 1. The normalized spacial score (nSPS) is 16.9. The molecule has 3 rings (SSSR count). The highest BCUT2D eigenvalue weighted by Crippen LogP contribution is 2.36. The molecule has 0 unspecified atom stereocenters. The average molecular weight is 434 g/mol. The molecule has 1 heterocycles. The number of aliphatic imine (C=N–C) groups is 1. The van der Waals surface area contributed by atoms with Gasteiger partial charge < -0.3 is 10.4 Å². The van der Waals surface area contributed by atoms with E-state index in [1.807, 2.05) is 31.2 Å². The minimum absolute atomic E-state index is 0.167. The van der Waals surface area contributed by atoms with Gasteiger partial charge in [-0.05, 0) is 52.8 Å². The predicted molar refractivity (Wildman–Crippen MR) is 104 cm³/mol. The summed E-state index contributed by atoms with van der Waals surface area (Å²) in [7, 11) is 0. The minimum atomic E-state index is -0.571. The molecule has 0 spiro atoms. The van der Waals surface area contributed by atoms with E-state index in [9.17, 15) is 20.0 Å². The highest BCUT2D eigenvalue weighted by molar-refractivity contribution is 9.10. The number of thioether (sulfide) groups is 1. The number of non-ortho nitro benzene ring substituents is 1. The van der Waals surface area contributed by atoms with Gasteiger partial charge in [0.05, 0.1) is 20.0 Å². The molecule has 1 aliphatic rings. The number of aromatic hydroxyl groups is 1. The van der Waals surface area contributed by atoms with Crippen LogP contribution >= 0.6 is 27.7 Å². The van der Waals surface area contributed by atoms with Crippen LogP contribution in [0.25, 0.3) is 6.08 Å². The maximum absolute atomic E-state index is 12.1. The number of benzene rings is 2. The molecule has 0 bridgehead atoms. The van der Waals surface area contributed by atoms with Gasteiger partial charge in [0.25, 0.3) is 11.6 Å². The van der Waals surface area contributed by atoms with Crippen LogP contribution in [0, 0.1) is 17.0 Å². The fourth-order valence-electron chi connectivity index (χ4n) is 2.18. The Hall–Kier alpha value is -2.65. The van der Waals surface area contributed by atoms with E-state index in [0.29, 0.717) is 10.9 Å². The van der Waals surface area contributed by atoms with Crippen molar-refractivity contribution < 1.29 is 14.8 Å². The number of nitrogens with one attached hydrogen (secondary N) is 1. The third kappa shape index (κ3) is 3.94. The number of hydrogen-bond acceptors (Lipinski definition) is 6. The first-order valence-corrected chi connectivity index (χ1v) is 8.97. The third-order valence-electron chi connectivity index (χ3n) is 3.49. The summed E-state index contributed by atoms with van der Waals surface area (Å²) in [6, 6.07) is 9.90. The Bertz CT molecular complexity index is 971. The number of carbonyl (C=O) groups is 1. The highest BCUT2D eigenvalue weighted by Gasteiger charge is 2.25. The Kier molecular flexibility index (Phi) is 5.10. The first-order chi connectivity index (χ1) is 12.3. The molecule has 7 nitrogen and oxygen atoms in total. The van der Waals surface area contributed by atoms with Crippen LogP contribution in [-0.2, 0) is 4.79 Å². The Labute approximate surface area is 161 Å². The van der Waals surface area contributed by atoms with Crippen molar-refractivity contribution in [2.24, 2.45) is 4.99 Å². The molecule has 1 saturated heterocycles. The number of nitrogens with zero attached hydrogens (tertiary/aromatic N) is 2. The van der Waals surface area contributed by atoms with E-state index in [2.05, 4.69) is 26.2 Å². The lowest BCUT2D eigenvalue weighted by Crippen LogP contribution is -2.19. The highest BCUT2D eigenvalue weighted by atomic mass is 79.9. The fourth-order valence-corrected chi connectivity index (χ4v) is 3.48.